The molecule has 154 valence electrons. The minimum Gasteiger partial charge on any atom is -0.493 e. The van der Waals surface area contributed by atoms with Crippen molar-refractivity contribution in [3.8, 4) is 5.75 Å². The van der Waals surface area contributed by atoms with E-state index < -0.39 is 0 Å². The number of nitrogens with zero attached hydrogens (tertiary/aromatic N) is 2. The van der Waals surface area contributed by atoms with Crippen LogP contribution >= 0.6 is 11.6 Å². The van der Waals surface area contributed by atoms with Crippen LogP contribution < -0.4 is 10.1 Å². The predicted molar refractivity (Wildman–Crippen MR) is 114 cm³/mol. The maximum absolute atomic E-state index is 12.5. The molecule has 2 aliphatic heterocycles. The molecule has 2 aliphatic rings. The van der Waals surface area contributed by atoms with Gasteiger partial charge < -0.3 is 14.5 Å². The lowest BCUT2D eigenvalue weighted by atomic mass is 10.1. The van der Waals surface area contributed by atoms with Crippen molar-refractivity contribution in [1.29, 1.82) is 0 Å². The number of oxazole rings is 1. The van der Waals surface area contributed by atoms with E-state index in [2.05, 4.69) is 33.4 Å². The minimum atomic E-state index is -0.345. The van der Waals surface area contributed by atoms with Crippen molar-refractivity contribution in [2.75, 3.05) is 25.0 Å². The van der Waals surface area contributed by atoms with Gasteiger partial charge in [-0.2, -0.15) is 0 Å². The van der Waals surface area contributed by atoms with Gasteiger partial charge in [-0.1, -0.05) is 23.7 Å². The second-order valence-corrected chi connectivity index (χ2v) is 8.10. The molecule has 3 aromatic rings. The molecule has 0 spiro atoms. The van der Waals surface area contributed by atoms with Gasteiger partial charge in [0.2, 0.25) is 0 Å². The standard InChI is InChI=1S/C23H22ClN3O3/c24-17-2-4-18(5-3-17)25-22(28)23-26-19-7-10-27(11-8-21(19)30-23)14-15-1-6-20-16(13-15)9-12-29-20/h1-6,13H,7-12,14H2,(H,25,28). The van der Waals surface area contributed by atoms with Crippen LogP contribution in [0.3, 0.4) is 0 Å². The Morgan fingerprint density at radius 2 is 1.93 bits per heavy atom. The molecule has 1 N–H and O–H groups in total. The second-order valence-electron chi connectivity index (χ2n) is 7.67. The number of ether oxygens (including phenoxy) is 1. The first-order chi connectivity index (χ1) is 14.6. The highest BCUT2D eigenvalue weighted by Crippen LogP contribution is 2.27. The molecule has 2 aromatic carbocycles. The lowest BCUT2D eigenvalue weighted by Crippen LogP contribution is -2.26. The summed E-state index contributed by atoms with van der Waals surface area (Å²) in [5.41, 5.74) is 4.13. The van der Waals surface area contributed by atoms with Gasteiger partial charge in [-0.3, -0.25) is 9.69 Å². The number of fused-ring (bicyclic) bond motifs is 2. The Balaban J connectivity index is 1.22. The molecule has 0 unspecified atom stereocenters. The first-order valence-corrected chi connectivity index (χ1v) is 10.5. The third-order valence-corrected chi connectivity index (χ3v) is 5.81. The van der Waals surface area contributed by atoms with Gasteiger partial charge in [0, 0.05) is 49.6 Å². The van der Waals surface area contributed by atoms with Gasteiger partial charge in [-0.05, 0) is 41.5 Å². The van der Waals surface area contributed by atoms with E-state index in [1.807, 2.05) is 0 Å². The van der Waals surface area contributed by atoms with Crippen LogP contribution in [0.5, 0.6) is 5.75 Å². The third-order valence-electron chi connectivity index (χ3n) is 5.55. The average molecular weight is 424 g/mol. The van der Waals surface area contributed by atoms with Gasteiger partial charge in [0.05, 0.1) is 12.3 Å². The molecule has 0 radical (unpaired) electrons. The van der Waals surface area contributed by atoms with Crippen molar-refractivity contribution in [2.45, 2.75) is 25.8 Å². The maximum Gasteiger partial charge on any atom is 0.311 e. The van der Waals surface area contributed by atoms with Gasteiger partial charge >= 0.3 is 5.91 Å². The molecular weight excluding hydrogens is 402 g/mol. The summed E-state index contributed by atoms with van der Waals surface area (Å²) in [5, 5.41) is 3.42. The molecule has 7 heteroatoms. The van der Waals surface area contributed by atoms with Crippen molar-refractivity contribution in [1.82, 2.24) is 9.88 Å². The Morgan fingerprint density at radius 3 is 2.80 bits per heavy atom. The second kappa shape index (κ2) is 8.13. The number of amides is 1. The molecule has 0 atom stereocenters. The van der Waals surface area contributed by atoms with E-state index >= 15 is 0 Å². The molecule has 1 aromatic heterocycles. The van der Waals surface area contributed by atoms with Gasteiger partial charge in [0.25, 0.3) is 5.89 Å². The van der Waals surface area contributed by atoms with Crippen LogP contribution in [0.1, 0.15) is 33.3 Å². The van der Waals surface area contributed by atoms with Gasteiger partial charge in [-0.25, -0.2) is 4.98 Å². The van der Waals surface area contributed by atoms with Crippen LogP contribution in [0.2, 0.25) is 5.02 Å². The highest BCUT2D eigenvalue weighted by Gasteiger charge is 2.23. The summed E-state index contributed by atoms with van der Waals surface area (Å²) < 4.78 is 11.4. The molecule has 0 saturated carbocycles. The summed E-state index contributed by atoms with van der Waals surface area (Å²) in [4.78, 5) is 19.4. The van der Waals surface area contributed by atoms with Crippen LogP contribution in [0, 0.1) is 0 Å². The number of rotatable bonds is 4. The fourth-order valence-corrected chi connectivity index (χ4v) is 4.10. The molecule has 30 heavy (non-hydrogen) atoms. The highest BCUT2D eigenvalue weighted by atomic mass is 35.5. The van der Waals surface area contributed by atoms with E-state index in [1.165, 1.54) is 11.1 Å². The summed E-state index contributed by atoms with van der Waals surface area (Å²) in [6.45, 7) is 3.42. The first kappa shape index (κ1) is 19.2. The summed E-state index contributed by atoms with van der Waals surface area (Å²) >= 11 is 5.88. The van der Waals surface area contributed by atoms with E-state index in [1.54, 1.807) is 24.3 Å². The van der Waals surface area contributed by atoms with Crippen molar-refractivity contribution in [3.63, 3.8) is 0 Å². The molecule has 0 fully saturated rings. The predicted octanol–water partition coefficient (Wildman–Crippen LogP) is 4.12. The van der Waals surface area contributed by atoms with E-state index in [0.29, 0.717) is 10.7 Å². The summed E-state index contributed by atoms with van der Waals surface area (Å²) in [6, 6.07) is 13.4. The van der Waals surface area contributed by atoms with Crippen LogP contribution in [-0.2, 0) is 25.8 Å². The molecule has 6 nitrogen and oxygen atoms in total. The summed E-state index contributed by atoms with van der Waals surface area (Å²) in [6.07, 6.45) is 2.49. The number of halogens is 1. The van der Waals surface area contributed by atoms with Crippen LogP contribution in [0.4, 0.5) is 5.69 Å². The largest absolute Gasteiger partial charge is 0.493 e. The van der Waals surface area contributed by atoms with Crippen LogP contribution in [-0.4, -0.2) is 35.5 Å². The Morgan fingerprint density at radius 1 is 1.10 bits per heavy atom. The molecule has 3 heterocycles. The van der Waals surface area contributed by atoms with E-state index in [0.717, 1.165) is 62.7 Å². The first-order valence-electron chi connectivity index (χ1n) is 10.2. The van der Waals surface area contributed by atoms with Crippen LogP contribution in [0.15, 0.2) is 46.9 Å². The zero-order valence-corrected chi connectivity index (χ0v) is 17.2. The zero-order valence-electron chi connectivity index (χ0n) is 16.5. The maximum atomic E-state index is 12.5. The normalized spacial score (nSPS) is 15.8. The number of nitrogens with one attached hydrogen (secondary N) is 1. The van der Waals surface area contributed by atoms with Crippen molar-refractivity contribution in [2.24, 2.45) is 0 Å². The molecule has 1 amide bonds. The Labute approximate surface area is 179 Å². The molecule has 0 saturated heterocycles. The zero-order chi connectivity index (χ0) is 20.5. The van der Waals surface area contributed by atoms with Gasteiger partial charge in [-0.15, -0.1) is 0 Å². The lowest BCUT2D eigenvalue weighted by molar-refractivity contribution is 0.0988. The average Bonchev–Trinajstić information content (AvgIpc) is 3.34. The smallest absolute Gasteiger partial charge is 0.311 e. The van der Waals surface area contributed by atoms with Crippen LogP contribution in [0.25, 0.3) is 0 Å². The number of benzene rings is 2. The Bertz CT molecular complexity index is 1050. The number of carbonyl (C=O) groups excluding carboxylic acids is 1. The number of carbonyl (C=O) groups is 1. The molecule has 5 rings (SSSR count). The third kappa shape index (κ3) is 4.06. The van der Waals surface area contributed by atoms with Crippen molar-refractivity contribution in [3.05, 3.63) is 76.0 Å². The molecular formula is C23H22ClN3O3. The SMILES string of the molecule is O=C(Nc1ccc(Cl)cc1)c1nc2c(o1)CCN(Cc1ccc3c(c1)CCO3)CC2. The fraction of sp³-hybridized carbons (Fsp3) is 0.304. The summed E-state index contributed by atoms with van der Waals surface area (Å²) in [7, 11) is 0. The monoisotopic (exact) mass is 423 g/mol. The highest BCUT2D eigenvalue weighted by molar-refractivity contribution is 6.30. The topological polar surface area (TPSA) is 67.6 Å². The number of hydrogen-bond donors (Lipinski definition) is 1. The quantitative estimate of drug-likeness (QED) is 0.683. The lowest BCUT2D eigenvalue weighted by Gasteiger charge is -2.20. The van der Waals surface area contributed by atoms with E-state index in [9.17, 15) is 4.79 Å². The van der Waals surface area contributed by atoms with Crippen molar-refractivity contribution >= 4 is 23.2 Å². The van der Waals surface area contributed by atoms with Gasteiger partial charge in [0.1, 0.15) is 11.5 Å². The number of hydrogen-bond acceptors (Lipinski definition) is 5. The molecule has 0 aliphatic carbocycles. The summed E-state index contributed by atoms with van der Waals surface area (Å²) in [5.74, 6) is 1.59. The minimum absolute atomic E-state index is 0.113. The number of aromatic nitrogens is 1. The van der Waals surface area contributed by atoms with E-state index in [4.69, 9.17) is 20.8 Å². The Hall–Kier alpha value is -2.83. The van der Waals surface area contributed by atoms with E-state index in [-0.39, 0.29) is 11.8 Å². The fourth-order valence-electron chi connectivity index (χ4n) is 3.98. The molecule has 0 bridgehead atoms. The Kier molecular flexibility index (Phi) is 5.19. The van der Waals surface area contributed by atoms with Crippen molar-refractivity contribution < 1.29 is 13.9 Å². The van der Waals surface area contributed by atoms with Gasteiger partial charge in [0.15, 0.2) is 0 Å². The number of anilines is 1.